The van der Waals surface area contributed by atoms with Crippen LogP contribution in [0.5, 0.6) is 0 Å². The van der Waals surface area contributed by atoms with Crippen LogP contribution in [-0.4, -0.2) is 51.2 Å². The number of benzene rings is 1. The fourth-order valence-electron chi connectivity index (χ4n) is 2.75. The summed E-state index contributed by atoms with van der Waals surface area (Å²) in [6.45, 7) is 4.40. The molecule has 1 aromatic heterocycles. The van der Waals surface area contributed by atoms with Crippen LogP contribution in [0.15, 0.2) is 36.4 Å². The lowest BCUT2D eigenvalue weighted by molar-refractivity contribution is 0.0822. The summed E-state index contributed by atoms with van der Waals surface area (Å²) in [7, 11) is 0. The van der Waals surface area contributed by atoms with Crippen molar-refractivity contribution in [2.75, 3.05) is 26.3 Å². The van der Waals surface area contributed by atoms with E-state index in [9.17, 15) is 5.11 Å². The minimum Gasteiger partial charge on any atom is -0.393 e. The maximum atomic E-state index is 9.67. The molecule has 0 fully saturated rings. The van der Waals surface area contributed by atoms with Crippen molar-refractivity contribution in [2.24, 2.45) is 0 Å². The van der Waals surface area contributed by atoms with E-state index >= 15 is 0 Å². The van der Waals surface area contributed by atoms with E-state index in [1.54, 1.807) is 0 Å². The molecular weight excluding hydrogens is 294 g/mol. The Balaban J connectivity index is 1.45. The molecular formula is C17H23N3O3. The molecule has 23 heavy (non-hydrogen) atoms. The minimum absolute atomic E-state index is 0.298. The molecule has 1 aliphatic heterocycles. The van der Waals surface area contributed by atoms with Gasteiger partial charge in [-0.1, -0.05) is 30.3 Å². The molecule has 0 saturated carbocycles. The van der Waals surface area contributed by atoms with Crippen LogP contribution >= 0.6 is 0 Å². The third-order valence-corrected chi connectivity index (χ3v) is 4.07. The van der Waals surface area contributed by atoms with Gasteiger partial charge in [-0.25, -0.2) is 0 Å². The number of hydrogen-bond donors (Lipinski definition) is 2. The van der Waals surface area contributed by atoms with Crippen LogP contribution in [0.1, 0.15) is 23.1 Å². The molecule has 2 aromatic rings. The summed E-state index contributed by atoms with van der Waals surface area (Å²) in [5.41, 5.74) is 2.80. The number of aliphatic hydroxyl groups is 2. The van der Waals surface area contributed by atoms with Crippen molar-refractivity contribution >= 4 is 0 Å². The highest BCUT2D eigenvalue weighted by atomic mass is 16.5. The largest absolute Gasteiger partial charge is 0.393 e. The zero-order chi connectivity index (χ0) is 16.1. The van der Waals surface area contributed by atoms with Crippen molar-refractivity contribution < 1.29 is 14.9 Å². The smallest absolute Gasteiger partial charge is 0.121 e. The van der Waals surface area contributed by atoms with E-state index < -0.39 is 6.10 Å². The molecule has 6 nitrogen and oxygen atoms in total. The molecule has 0 radical (unpaired) electrons. The van der Waals surface area contributed by atoms with Crippen LogP contribution in [0.3, 0.4) is 0 Å². The van der Waals surface area contributed by atoms with Crippen molar-refractivity contribution in [3.05, 3.63) is 53.3 Å². The summed E-state index contributed by atoms with van der Waals surface area (Å²) >= 11 is 0. The summed E-state index contributed by atoms with van der Waals surface area (Å²) in [5.74, 6) is 0. The van der Waals surface area contributed by atoms with Gasteiger partial charge in [-0.2, -0.15) is 5.10 Å². The Bertz CT molecular complexity index is 615. The lowest BCUT2D eigenvalue weighted by Crippen LogP contribution is -2.36. The molecule has 124 valence electrons. The molecule has 3 rings (SSSR count). The molecule has 6 heteroatoms. The summed E-state index contributed by atoms with van der Waals surface area (Å²) in [4.78, 5) is 2.32. The molecule has 2 heterocycles. The SMILES string of the molecule is OCC(O)c1cc2n(n1)CCN(CCOCc1ccccc1)C2. The second-order valence-corrected chi connectivity index (χ2v) is 5.80. The summed E-state index contributed by atoms with van der Waals surface area (Å²) in [5, 5.41) is 23.0. The maximum absolute atomic E-state index is 9.67. The van der Waals surface area contributed by atoms with Crippen LogP contribution in [-0.2, 0) is 24.4 Å². The fraction of sp³-hybridized carbons (Fsp3) is 0.471. The third kappa shape index (κ3) is 4.17. The molecule has 0 aliphatic carbocycles. The summed E-state index contributed by atoms with van der Waals surface area (Å²) in [6.07, 6.45) is -0.893. The molecule has 0 amide bonds. The molecule has 0 spiro atoms. The Labute approximate surface area is 135 Å². The number of aromatic nitrogens is 2. The molecule has 0 bridgehead atoms. The first kappa shape index (κ1) is 16.1. The fourth-order valence-corrected chi connectivity index (χ4v) is 2.75. The average molecular weight is 317 g/mol. The third-order valence-electron chi connectivity index (χ3n) is 4.07. The van der Waals surface area contributed by atoms with Gasteiger partial charge in [0.05, 0.1) is 37.8 Å². The van der Waals surface area contributed by atoms with E-state index in [0.29, 0.717) is 18.9 Å². The molecule has 2 N–H and O–H groups in total. The maximum Gasteiger partial charge on any atom is 0.121 e. The summed E-state index contributed by atoms with van der Waals surface area (Å²) in [6, 6.07) is 12.0. The summed E-state index contributed by atoms with van der Waals surface area (Å²) < 4.78 is 7.65. The van der Waals surface area contributed by atoms with E-state index in [4.69, 9.17) is 9.84 Å². The van der Waals surface area contributed by atoms with Crippen molar-refractivity contribution in [1.82, 2.24) is 14.7 Å². The van der Waals surface area contributed by atoms with Gasteiger partial charge in [-0.3, -0.25) is 9.58 Å². The predicted molar refractivity (Wildman–Crippen MR) is 85.6 cm³/mol. The number of rotatable bonds is 7. The second-order valence-electron chi connectivity index (χ2n) is 5.80. The highest BCUT2D eigenvalue weighted by Gasteiger charge is 2.20. The van der Waals surface area contributed by atoms with Gasteiger partial charge in [0.1, 0.15) is 6.10 Å². The van der Waals surface area contributed by atoms with Gasteiger partial charge in [-0.05, 0) is 11.6 Å². The van der Waals surface area contributed by atoms with Gasteiger partial charge in [-0.15, -0.1) is 0 Å². The molecule has 1 unspecified atom stereocenters. The first-order valence-electron chi connectivity index (χ1n) is 7.96. The first-order valence-corrected chi connectivity index (χ1v) is 7.96. The van der Waals surface area contributed by atoms with Crippen LogP contribution < -0.4 is 0 Å². The molecule has 1 aromatic carbocycles. The van der Waals surface area contributed by atoms with Gasteiger partial charge >= 0.3 is 0 Å². The lowest BCUT2D eigenvalue weighted by Gasteiger charge is -2.27. The number of ether oxygens (including phenoxy) is 1. The van der Waals surface area contributed by atoms with Gasteiger partial charge < -0.3 is 14.9 Å². The van der Waals surface area contributed by atoms with Gasteiger partial charge in [0.25, 0.3) is 0 Å². The van der Waals surface area contributed by atoms with Crippen LogP contribution in [0.4, 0.5) is 0 Å². The van der Waals surface area contributed by atoms with Crippen molar-refractivity contribution in [3.63, 3.8) is 0 Å². The zero-order valence-electron chi connectivity index (χ0n) is 13.1. The number of aliphatic hydroxyl groups excluding tert-OH is 2. The van der Waals surface area contributed by atoms with E-state index in [1.165, 1.54) is 5.56 Å². The Kier molecular flexibility index (Phi) is 5.40. The Morgan fingerprint density at radius 2 is 2.04 bits per heavy atom. The number of nitrogens with zero attached hydrogens (tertiary/aromatic N) is 3. The Hall–Kier alpha value is -1.73. The molecule has 1 aliphatic rings. The first-order chi connectivity index (χ1) is 11.3. The predicted octanol–water partition coefficient (Wildman–Crippen LogP) is 0.941. The lowest BCUT2D eigenvalue weighted by atomic mass is 10.2. The molecule has 1 atom stereocenters. The number of fused-ring (bicyclic) bond motifs is 1. The van der Waals surface area contributed by atoms with E-state index in [-0.39, 0.29) is 6.61 Å². The van der Waals surface area contributed by atoms with E-state index in [1.807, 2.05) is 28.9 Å². The quantitative estimate of drug-likeness (QED) is 0.744. The van der Waals surface area contributed by atoms with Gasteiger partial charge in [0.2, 0.25) is 0 Å². The van der Waals surface area contributed by atoms with Crippen molar-refractivity contribution in [2.45, 2.75) is 25.8 Å². The van der Waals surface area contributed by atoms with Crippen LogP contribution in [0, 0.1) is 0 Å². The van der Waals surface area contributed by atoms with Crippen LogP contribution in [0.25, 0.3) is 0 Å². The zero-order valence-corrected chi connectivity index (χ0v) is 13.1. The highest BCUT2D eigenvalue weighted by Crippen LogP contribution is 2.17. The monoisotopic (exact) mass is 317 g/mol. The number of hydrogen-bond acceptors (Lipinski definition) is 5. The van der Waals surface area contributed by atoms with Gasteiger partial charge in [0.15, 0.2) is 0 Å². The Morgan fingerprint density at radius 1 is 1.22 bits per heavy atom. The highest BCUT2D eigenvalue weighted by molar-refractivity contribution is 5.14. The van der Waals surface area contributed by atoms with Crippen LogP contribution in [0.2, 0.25) is 0 Å². The van der Waals surface area contributed by atoms with Crippen molar-refractivity contribution in [3.8, 4) is 0 Å². The van der Waals surface area contributed by atoms with E-state index in [0.717, 1.165) is 31.9 Å². The topological polar surface area (TPSA) is 70.8 Å². The Morgan fingerprint density at radius 3 is 2.83 bits per heavy atom. The van der Waals surface area contributed by atoms with Crippen molar-refractivity contribution in [1.29, 1.82) is 0 Å². The van der Waals surface area contributed by atoms with Gasteiger partial charge in [0, 0.05) is 19.6 Å². The second kappa shape index (κ2) is 7.70. The normalized spacial score (nSPS) is 16.3. The van der Waals surface area contributed by atoms with E-state index in [2.05, 4.69) is 22.1 Å². The molecule has 0 saturated heterocycles. The average Bonchev–Trinajstić information content (AvgIpc) is 3.02. The standard InChI is InChI=1S/C17H23N3O3/c21-12-17(22)16-10-15-11-19(6-7-20(15)18-16)8-9-23-13-14-4-2-1-3-5-14/h1-5,10,17,21-22H,6-9,11-13H2. The minimum atomic E-state index is -0.893.